The van der Waals surface area contributed by atoms with Crippen LogP contribution in [0.25, 0.3) is 0 Å². The van der Waals surface area contributed by atoms with E-state index in [2.05, 4.69) is 15.2 Å². The summed E-state index contributed by atoms with van der Waals surface area (Å²) >= 11 is 6.02. The second-order valence-electron chi connectivity index (χ2n) is 9.85. The molecular weight excluding hydrogens is 424 g/mol. The van der Waals surface area contributed by atoms with Crippen LogP contribution in [0.15, 0.2) is 24.3 Å². The van der Waals surface area contributed by atoms with Gasteiger partial charge in [-0.05, 0) is 51.1 Å². The van der Waals surface area contributed by atoms with E-state index in [4.69, 9.17) is 11.6 Å². The molecule has 1 saturated heterocycles. The molecule has 1 N–H and O–H groups in total. The highest BCUT2D eigenvalue weighted by atomic mass is 35.5. The van der Waals surface area contributed by atoms with Crippen molar-refractivity contribution in [1.82, 2.24) is 20.2 Å². The van der Waals surface area contributed by atoms with Crippen LogP contribution in [0.3, 0.4) is 0 Å². The number of hydrogen-bond donors (Lipinski definition) is 1. The number of benzene rings is 1. The summed E-state index contributed by atoms with van der Waals surface area (Å²) in [4.78, 5) is 30.2. The first-order valence-corrected chi connectivity index (χ1v) is 12.4. The van der Waals surface area contributed by atoms with Crippen molar-refractivity contribution in [3.8, 4) is 0 Å². The van der Waals surface area contributed by atoms with Gasteiger partial charge < -0.3 is 9.80 Å². The van der Waals surface area contributed by atoms with E-state index in [0.29, 0.717) is 24.0 Å². The van der Waals surface area contributed by atoms with E-state index in [-0.39, 0.29) is 29.8 Å². The maximum atomic E-state index is 13.1. The number of amides is 2. The summed E-state index contributed by atoms with van der Waals surface area (Å²) in [5.41, 5.74) is 4.17. The van der Waals surface area contributed by atoms with E-state index in [1.807, 2.05) is 57.2 Å². The number of nitrogens with one attached hydrogen (secondary N) is 1. The van der Waals surface area contributed by atoms with Crippen molar-refractivity contribution >= 4 is 23.4 Å². The lowest BCUT2D eigenvalue weighted by atomic mass is 9.92. The average molecular weight is 463 g/mol. The average Bonchev–Trinajstić information content (AvgIpc) is 3.21. The summed E-state index contributed by atoms with van der Waals surface area (Å²) in [5.74, 6) is 0.255. The quantitative estimate of drug-likeness (QED) is 0.627. The molecule has 0 bridgehead atoms. The van der Waals surface area contributed by atoms with Gasteiger partial charge in [0, 0.05) is 48.6 Å². The first-order valence-electron chi connectivity index (χ1n) is 12.0. The molecule has 0 aromatic heterocycles. The molecule has 32 heavy (non-hydrogen) atoms. The molecule has 1 aromatic rings. The van der Waals surface area contributed by atoms with Crippen molar-refractivity contribution in [1.29, 1.82) is 0 Å². The Hall–Kier alpha value is -1.63. The van der Waals surface area contributed by atoms with Crippen LogP contribution in [0.1, 0.15) is 70.4 Å². The summed E-state index contributed by atoms with van der Waals surface area (Å²) in [6.45, 7) is 5.46. The van der Waals surface area contributed by atoms with Crippen LogP contribution in [0.4, 0.5) is 0 Å². The van der Waals surface area contributed by atoms with Gasteiger partial charge >= 0.3 is 0 Å². The Kier molecular flexibility index (Phi) is 8.97. The van der Waals surface area contributed by atoms with E-state index < -0.39 is 0 Å². The van der Waals surface area contributed by atoms with E-state index in [1.54, 1.807) is 0 Å². The van der Waals surface area contributed by atoms with E-state index in [9.17, 15) is 9.59 Å². The molecule has 1 aliphatic carbocycles. The highest BCUT2D eigenvalue weighted by molar-refractivity contribution is 6.30. The molecule has 7 heteroatoms. The lowest BCUT2D eigenvalue weighted by Gasteiger charge is -2.39. The van der Waals surface area contributed by atoms with Crippen LogP contribution in [0.2, 0.25) is 5.02 Å². The third-order valence-electron chi connectivity index (χ3n) is 6.81. The molecule has 2 aliphatic rings. The Balaban J connectivity index is 1.60. The standard InChI is InChI=1S/C25H39ClN4O2/c1-18(2)25(32)30(21-8-6-5-7-9-21)22-14-15-29(17-22)27-24(31)16-23(28(3)4)19-10-12-20(26)13-11-19/h10-13,18,21-23H,5-9,14-17H2,1-4H3,(H,27,31)/t22-,23?/m0/s1. The topological polar surface area (TPSA) is 55.9 Å². The molecule has 0 radical (unpaired) electrons. The largest absolute Gasteiger partial charge is 0.335 e. The summed E-state index contributed by atoms with van der Waals surface area (Å²) in [6, 6.07) is 8.19. The Bertz CT molecular complexity index is 762. The lowest BCUT2D eigenvalue weighted by molar-refractivity contribution is -0.140. The normalized spacial score (nSPS) is 21.2. The molecule has 2 fully saturated rings. The van der Waals surface area contributed by atoms with Gasteiger partial charge in [-0.2, -0.15) is 0 Å². The number of carbonyl (C=O) groups is 2. The molecule has 3 rings (SSSR count). The number of nitrogens with zero attached hydrogens (tertiary/aromatic N) is 3. The highest BCUT2D eigenvalue weighted by Crippen LogP contribution is 2.29. The third kappa shape index (κ3) is 6.46. The maximum Gasteiger partial charge on any atom is 0.236 e. The first-order chi connectivity index (χ1) is 15.3. The molecule has 6 nitrogen and oxygen atoms in total. The molecule has 1 saturated carbocycles. The van der Waals surface area contributed by atoms with Crippen LogP contribution in [0, 0.1) is 5.92 Å². The second-order valence-corrected chi connectivity index (χ2v) is 10.3. The van der Waals surface area contributed by atoms with Crippen molar-refractivity contribution in [2.24, 2.45) is 5.92 Å². The molecule has 2 atom stereocenters. The van der Waals surface area contributed by atoms with Gasteiger partial charge in [0.15, 0.2) is 0 Å². The van der Waals surface area contributed by atoms with Gasteiger partial charge in [0.05, 0.1) is 0 Å². The Morgan fingerprint density at radius 2 is 1.72 bits per heavy atom. The van der Waals surface area contributed by atoms with Crippen molar-refractivity contribution in [3.63, 3.8) is 0 Å². The molecule has 178 valence electrons. The van der Waals surface area contributed by atoms with E-state index in [1.165, 1.54) is 19.3 Å². The Morgan fingerprint density at radius 1 is 1.06 bits per heavy atom. The Morgan fingerprint density at radius 3 is 2.31 bits per heavy atom. The fraction of sp³-hybridized carbons (Fsp3) is 0.680. The molecule has 1 aromatic carbocycles. The minimum atomic E-state index is -0.0214. The third-order valence-corrected chi connectivity index (χ3v) is 7.06. The Labute approximate surface area is 198 Å². The van der Waals surface area contributed by atoms with Crippen molar-refractivity contribution in [2.45, 2.75) is 76.9 Å². The minimum absolute atomic E-state index is 0.000734. The second kappa shape index (κ2) is 11.5. The van der Waals surface area contributed by atoms with Gasteiger partial charge in [-0.15, -0.1) is 0 Å². The SMILES string of the molecule is CC(C)C(=O)N(C1CCCCC1)[C@H]1CCN(NC(=O)CC(c2ccc(Cl)cc2)N(C)C)C1. The minimum Gasteiger partial charge on any atom is -0.335 e. The summed E-state index contributed by atoms with van der Waals surface area (Å²) in [5, 5.41) is 2.70. The summed E-state index contributed by atoms with van der Waals surface area (Å²) in [6.07, 6.45) is 7.16. The molecule has 0 spiro atoms. The van der Waals surface area contributed by atoms with Crippen molar-refractivity contribution < 1.29 is 9.59 Å². The van der Waals surface area contributed by atoms with Crippen LogP contribution < -0.4 is 5.43 Å². The van der Waals surface area contributed by atoms with Crippen LogP contribution in [-0.2, 0) is 9.59 Å². The molecular formula is C25H39ClN4O2. The summed E-state index contributed by atoms with van der Waals surface area (Å²) in [7, 11) is 3.97. The zero-order valence-electron chi connectivity index (χ0n) is 20.0. The van der Waals surface area contributed by atoms with Gasteiger partial charge in [0.25, 0.3) is 0 Å². The number of hydrazine groups is 1. The molecule has 1 aliphatic heterocycles. The van der Waals surface area contributed by atoms with Gasteiger partial charge in [-0.25, -0.2) is 5.01 Å². The first kappa shape index (κ1) is 25.0. The molecule has 2 amide bonds. The zero-order valence-corrected chi connectivity index (χ0v) is 20.8. The fourth-order valence-corrected chi connectivity index (χ4v) is 5.19. The number of rotatable bonds is 8. The van der Waals surface area contributed by atoms with Crippen LogP contribution >= 0.6 is 11.6 Å². The molecule has 1 unspecified atom stereocenters. The monoisotopic (exact) mass is 462 g/mol. The van der Waals surface area contributed by atoms with E-state index in [0.717, 1.165) is 31.4 Å². The number of hydrogen-bond acceptors (Lipinski definition) is 4. The number of carbonyl (C=O) groups excluding carboxylic acids is 2. The lowest BCUT2D eigenvalue weighted by Crippen LogP contribution is -2.51. The van der Waals surface area contributed by atoms with Crippen LogP contribution in [-0.4, -0.2) is 65.9 Å². The van der Waals surface area contributed by atoms with Gasteiger partial charge in [0.1, 0.15) is 0 Å². The predicted molar refractivity (Wildman–Crippen MR) is 129 cm³/mol. The van der Waals surface area contributed by atoms with E-state index >= 15 is 0 Å². The smallest absolute Gasteiger partial charge is 0.236 e. The van der Waals surface area contributed by atoms with Crippen molar-refractivity contribution in [2.75, 3.05) is 27.2 Å². The maximum absolute atomic E-state index is 13.1. The summed E-state index contributed by atoms with van der Waals surface area (Å²) < 4.78 is 0. The van der Waals surface area contributed by atoms with Gasteiger partial charge in [-0.3, -0.25) is 15.0 Å². The highest BCUT2D eigenvalue weighted by Gasteiger charge is 2.37. The predicted octanol–water partition coefficient (Wildman–Crippen LogP) is 4.26. The number of halogens is 1. The zero-order chi connectivity index (χ0) is 23.3. The van der Waals surface area contributed by atoms with Gasteiger partial charge in [-0.1, -0.05) is 56.8 Å². The van der Waals surface area contributed by atoms with Crippen LogP contribution in [0.5, 0.6) is 0 Å². The fourth-order valence-electron chi connectivity index (χ4n) is 5.07. The van der Waals surface area contributed by atoms with Gasteiger partial charge in [0.2, 0.25) is 11.8 Å². The van der Waals surface area contributed by atoms with Crippen molar-refractivity contribution in [3.05, 3.63) is 34.9 Å². The molecule has 1 heterocycles.